The number of carboxylic acid groups (broad SMARTS) is 1. The zero-order valence-corrected chi connectivity index (χ0v) is 11.0. The third-order valence-electron chi connectivity index (χ3n) is 2.54. The second-order valence-electron chi connectivity index (χ2n) is 4.93. The van der Waals surface area contributed by atoms with Gasteiger partial charge in [-0.25, -0.2) is 0 Å². The van der Waals surface area contributed by atoms with E-state index in [2.05, 4.69) is 5.32 Å². The highest BCUT2D eigenvalue weighted by Gasteiger charge is 2.25. The number of carbonyl (C=O) groups is 2. The largest absolute Gasteiger partial charge is 0.481 e. The van der Waals surface area contributed by atoms with Gasteiger partial charge in [0.25, 0.3) is 5.69 Å². The number of benzene rings is 1. The minimum Gasteiger partial charge on any atom is -0.481 e. The molecular weight excluding hydrogens is 266 g/mol. The van der Waals surface area contributed by atoms with E-state index >= 15 is 0 Å². The van der Waals surface area contributed by atoms with Crippen LogP contribution in [0.1, 0.15) is 30.6 Å². The fourth-order valence-electron chi connectivity index (χ4n) is 1.74. The number of nitrogens with one attached hydrogen (secondary N) is 1. The Morgan fingerprint density at radius 1 is 1.45 bits per heavy atom. The Hall–Kier alpha value is -2.64. The predicted octanol–water partition coefficient (Wildman–Crippen LogP) is 1.36. The summed E-state index contributed by atoms with van der Waals surface area (Å²) in [5, 5.41) is 22.5. The van der Waals surface area contributed by atoms with Crippen molar-refractivity contribution in [2.75, 3.05) is 5.32 Å². The second kappa shape index (κ2) is 5.55. The molecule has 0 spiro atoms. The maximum atomic E-state index is 11.1. The summed E-state index contributed by atoms with van der Waals surface area (Å²) >= 11 is 0. The molecule has 8 nitrogen and oxygen atoms in total. The summed E-state index contributed by atoms with van der Waals surface area (Å²) in [6.45, 7) is 3.17. The first-order valence-corrected chi connectivity index (χ1v) is 5.70. The summed E-state index contributed by atoms with van der Waals surface area (Å²) in [4.78, 5) is 32.2. The zero-order valence-electron chi connectivity index (χ0n) is 11.0. The Kier molecular flexibility index (Phi) is 4.28. The molecule has 0 radical (unpaired) electrons. The van der Waals surface area contributed by atoms with Gasteiger partial charge in [0.15, 0.2) is 0 Å². The molecule has 0 fully saturated rings. The molecule has 20 heavy (non-hydrogen) atoms. The van der Waals surface area contributed by atoms with Crippen molar-refractivity contribution >= 4 is 23.3 Å². The average Bonchev–Trinajstić information content (AvgIpc) is 2.25. The van der Waals surface area contributed by atoms with Crippen LogP contribution in [0.4, 0.5) is 11.4 Å². The van der Waals surface area contributed by atoms with E-state index in [9.17, 15) is 19.7 Å². The van der Waals surface area contributed by atoms with Crippen LogP contribution in [0, 0.1) is 10.1 Å². The van der Waals surface area contributed by atoms with Crippen molar-refractivity contribution in [3.8, 4) is 0 Å². The lowest BCUT2D eigenvalue weighted by molar-refractivity contribution is -0.384. The molecule has 1 aromatic rings. The van der Waals surface area contributed by atoms with Gasteiger partial charge in [0.05, 0.1) is 11.3 Å². The molecule has 0 unspecified atom stereocenters. The van der Waals surface area contributed by atoms with Gasteiger partial charge in [0.2, 0.25) is 5.91 Å². The van der Waals surface area contributed by atoms with Crippen LogP contribution in [0.3, 0.4) is 0 Å². The molecule has 0 bridgehead atoms. The summed E-state index contributed by atoms with van der Waals surface area (Å²) in [6.07, 6.45) is -0.245. The number of aliphatic carboxylic acids is 1. The SMILES string of the molecule is CC(C)(CC(=O)O)Nc1cc(C(N)=O)ccc1[N+](=O)[O-]. The van der Waals surface area contributed by atoms with E-state index in [0.717, 1.165) is 6.07 Å². The molecule has 0 saturated heterocycles. The maximum Gasteiger partial charge on any atom is 0.305 e. The first-order chi connectivity index (χ1) is 9.12. The molecule has 108 valence electrons. The summed E-state index contributed by atoms with van der Waals surface area (Å²) in [5.41, 5.74) is 4.10. The van der Waals surface area contributed by atoms with Crippen molar-refractivity contribution in [2.45, 2.75) is 25.8 Å². The third-order valence-corrected chi connectivity index (χ3v) is 2.54. The molecule has 0 aliphatic rings. The van der Waals surface area contributed by atoms with Gasteiger partial charge < -0.3 is 16.2 Å². The Bertz CT molecular complexity index is 568. The van der Waals surface area contributed by atoms with Gasteiger partial charge in [-0.2, -0.15) is 0 Å². The average molecular weight is 281 g/mol. The summed E-state index contributed by atoms with van der Waals surface area (Å²) < 4.78 is 0. The first-order valence-electron chi connectivity index (χ1n) is 5.70. The van der Waals surface area contributed by atoms with Crippen LogP contribution in [-0.2, 0) is 4.79 Å². The van der Waals surface area contributed by atoms with Gasteiger partial charge in [-0.05, 0) is 26.0 Å². The van der Waals surface area contributed by atoms with Gasteiger partial charge in [-0.1, -0.05) is 0 Å². The van der Waals surface area contributed by atoms with Gasteiger partial charge >= 0.3 is 5.97 Å². The normalized spacial score (nSPS) is 10.9. The van der Waals surface area contributed by atoms with E-state index in [0.29, 0.717) is 0 Å². The van der Waals surface area contributed by atoms with Crippen molar-refractivity contribution in [2.24, 2.45) is 5.73 Å². The number of hydrogen-bond acceptors (Lipinski definition) is 5. The Morgan fingerprint density at radius 2 is 2.05 bits per heavy atom. The number of nitro benzene ring substituents is 1. The standard InChI is InChI=1S/C12H15N3O5/c1-12(2,6-10(16)17)14-8-5-7(11(13)18)3-4-9(8)15(19)20/h3-5,14H,6H2,1-2H3,(H2,13,18)(H,16,17). The molecule has 1 amide bonds. The van der Waals surface area contributed by atoms with Gasteiger partial charge in [0.1, 0.15) is 5.69 Å². The lowest BCUT2D eigenvalue weighted by atomic mass is 9.99. The van der Waals surface area contributed by atoms with Crippen molar-refractivity contribution in [3.05, 3.63) is 33.9 Å². The molecule has 1 aromatic carbocycles. The van der Waals surface area contributed by atoms with Crippen molar-refractivity contribution in [1.29, 1.82) is 0 Å². The van der Waals surface area contributed by atoms with Crippen molar-refractivity contribution < 1.29 is 19.6 Å². The number of carbonyl (C=O) groups excluding carboxylic acids is 1. The molecule has 0 aliphatic heterocycles. The lowest BCUT2D eigenvalue weighted by Crippen LogP contribution is -2.34. The van der Waals surface area contributed by atoms with Crippen LogP contribution in [0.5, 0.6) is 0 Å². The molecule has 0 heterocycles. The topological polar surface area (TPSA) is 136 Å². The van der Waals surface area contributed by atoms with Crippen LogP contribution in [-0.4, -0.2) is 27.4 Å². The lowest BCUT2D eigenvalue weighted by Gasteiger charge is -2.25. The highest BCUT2D eigenvalue weighted by Crippen LogP contribution is 2.29. The molecule has 0 aromatic heterocycles. The molecule has 0 aliphatic carbocycles. The Labute approximate surface area is 114 Å². The number of primary amides is 1. The van der Waals surface area contributed by atoms with E-state index in [1.54, 1.807) is 13.8 Å². The third kappa shape index (κ3) is 3.94. The van der Waals surface area contributed by atoms with E-state index in [4.69, 9.17) is 10.8 Å². The molecule has 8 heteroatoms. The summed E-state index contributed by atoms with van der Waals surface area (Å²) in [6, 6.07) is 3.64. The van der Waals surface area contributed by atoms with Crippen LogP contribution in [0.15, 0.2) is 18.2 Å². The first kappa shape index (κ1) is 15.4. The van der Waals surface area contributed by atoms with E-state index in [1.165, 1.54) is 12.1 Å². The predicted molar refractivity (Wildman–Crippen MR) is 71.6 cm³/mol. The fraction of sp³-hybridized carbons (Fsp3) is 0.333. The van der Waals surface area contributed by atoms with Crippen LogP contribution >= 0.6 is 0 Å². The zero-order chi connectivity index (χ0) is 15.5. The number of nitro groups is 1. The number of anilines is 1. The number of nitrogens with zero attached hydrogens (tertiary/aromatic N) is 1. The van der Waals surface area contributed by atoms with Gasteiger partial charge in [-0.15, -0.1) is 0 Å². The van der Waals surface area contributed by atoms with Crippen molar-refractivity contribution in [3.63, 3.8) is 0 Å². The Morgan fingerprint density at radius 3 is 2.50 bits per heavy atom. The molecule has 0 saturated carbocycles. The number of rotatable bonds is 6. The number of carboxylic acids is 1. The summed E-state index contributed by atoms with van der Waals surface area (Å²) in [7, 11) is 0. The molecule has 0 atom stereocenters. The number of amides is 1. The minimum atomic E-state index is -1.05. The van der Waals surface area contributed by atoms with Gasteiger partial charge in [0, 0.05) is 17.2 Å². The summed E-state index contributed by atoms with van der Waals surface area (Å²) in [5.74, 6) is -1.77. The van der Waals surface area contributed by atoms with E-state index in [-0.39, 0.29) is 23.4 Å². The van der Waals surface area contributed by atoms with E-state index in [1.807, 2.05) is 0 Å². The van der Waals surface area contributed by atoms with Crippen molar-refractivity contribution in [1.82, 2.24) is 0 Å². The molecule has 1 rings (SSSR count). The Balaban J connectivity index is 3.19. The van der Waals surface area contributed by atoms with Crippen LogP contribution < -0.4 is 11.1 Å². The minimum absolute atomic E-state index is 0.0533. The highest BCUT2D eigenvalue weighted by molar-refractivity contribution is 5.94. The monoisotopic (exact) mass is 281 g/mol. The maximum absolute atomic E-state index is 11.1. The highest BCUT2D eigenvalue weighted by atomic mass is 16.6. The van der Waals surface area contributed by atoms with Gasteiger partial charge in [-0.3, -0.25) is 19.7 Å². The second-order valence-corrected chi connectivity index (χ2v) is 4.93. The molecule has 4 N–H and O–H groups in total. The van der Waals surface area contributed by atoms with Crippen LogP contribution in [0.2, 0.25) is 0 Å². The van der Waals surface area contributed by atoms with E-state index < -0.39 is 22.3 Å². The smallest absolute Gasteiger partial charge is 0.305 e. The van der Waals surface area contributed by atoms with Crippen LogP contribution in [0.25, 0.3) is 0 Å². The number of nitrogens with two attached hydrogens (primary N) is 1. The fourth-order valence-corrected chi connectivity index (χ4v) is 1.74. The molecular formula is C12H15N3O5. The number of hydrogen-bond donors (Lipinski definition) is 3. The quantitative estimate of drug-likeness (QED) is 0.532.